The van der Waals surface area contributed by atoms with Gasteiger partial charge in [-0.05, 0) is 36.4 Å². The molecule has 0 spiro atoms. The highest BCUT2D eigenvalue weighted by atomic mass is 79.9. The second-order valence-electron chi connectivity index (χ2n) is 4.31. The van der Waals surface area contributed by atoms with Gasteiger partial charge in [0.25, 0.3) is 0 Å². The van der Waals surface area contributed by atoms with Crippen molar-refractivity contribution in [2.24, 2.45) is 0 Å². The third-order valence-electron chi connectivity index (χ3n) is 2.80. The van der Waals surface area contributed by atoms with Crippen molar-refractivity contribution in [3.05, 3.63) is 57.0 Å². The van der Waals surface area contributed by atoms with Crippen LogP contribution in [0.1, 0.15) is 11.1 Å². The number of benzene rings is 2. The summed E-state index contributed by atoms with van der Waals surface area (Å²) in [6, 6.07) is 8.24. The third kappa shape index (κ3) is 4.04. The molecule has 0 heterocycles. The first-order valence-corrected chi connectivity index (χ1v) is 7.02. The van der Waals surface area contributed by atoms with Crippen molar-refractivity contribution in [3.8, 4) is 5.75 Å². The summed E-state index contributed by atoms with van der Waals surface area (Å²) in [6.07, 6.45) is -4.51. The van der Waals surface area contributed by atoms with Gasteiger partial charge in [-0.15, -0.1) is 0 Å². The summed E-state index contributed by atoms with van der Waals surface area (Å²) in [5.74, 6) is 0.00761. The molecule has 0 atom stereocenters. The number of nitrogens with one attached hydrogen (secondary N) is 1. The first-order chi connectivity index (χ1) is 9.77. The SMILES string of the molecule is Oc1ccc(Br)cc1CNc1ccc(Cl)cc1C(F)(F)F. The molecule has 2 N–H and O–H groups in total. The number of alkyl halides is 3. The predicted molar refractivity (Wildman–Crippen MR) is 79.6 cm³/mol. The maximum absolute atomic E-state index is 12.9. The molecule has 2 nitrogen and oxygen atoms in total. The highest BCUT2D eigenvalue weighted by Gasteiger charge is 2.33. The fraction of sp³-hybridized carbons (Fsp3) is 0.143. The number of anilines is 1. The van der Waals surface area contributed by atoms with E-state index in [4.69, 9.17) is 11.6 Å². The number of hydrogen-bond donors (Lipinski definition) is 2. The van der Waals surface area contributed by atoms with E-state index in [2.05, 4.69) is 21.2 Å². The van der Waals surface area contributed by atoms with Crippen molar-refractivity contribution in [2.45, 2.75) is 12.7 Å². The van der Waals surface area contributed by atoms with Crippen molar-refractivity contribution in [3.63, 3.8) is 0 Å². The van der Waals surface area contributed by atoms with E-state index in [0.29, 0.717) is 5.56 Å². The van der Waals surface area contributed by atoms with E-state index in [1.54, 1.807) is 12.1 Å². The first kappa shape index (κ1) is 16.0. The van der Waals surface area contributed by atoms with E-state index < -0.39 is 11.7 Å². The Bertz CT molecular complexity index is 661. The highest BCUT2D eigenvalue weighted by molar-refractivity contribution is 9.10. The van der Waals surface area contributed by atoms with Crippen molar-refractivity contribution in [2.75, 3.05) is 5.32 Å². The maximum atomic E-state index is 12.9. The number of halogens is 5. The molecule has 0 aliphatic rings. The van der Waals surface area contributed by atoms with Gasteiger partial charge in [-0.1, -0.05) is 27.5 Å². The van der Waals surface area contributed by atoms with Gasteiger partial charge in [0.15, 0.2) is 0 Å². The van der Waals surface area contributed by atoms with Crippen molar-refractivity contribution >= 4 is 33.2 Å². The monoisotopic (exact) mass is 379 g/mol. The van der Waals surface area contributed by atoms with Gasteiger partial charge in [0.1, 0.15) is 5.75 Å². The summed E-state index contributed by atoms with van der Waals surface area (Å²) in [7, 11) is 0. The Labute approximate surface area is 132 Å². The van der Waals surface area contributed by atoms with Crippen LogP contribution < -0.4 is 5.32 Å². The van der Waals surface area contributed by atoms with Gasteiger partial charge >= 0.3 is 6.18 Å². The lowest BCUT2D eigenvalue weighted by atomic mass is 10.1. The van der Waals surface area contributed by atoms with E-state index in [1.165, 1.54) is 18.2 Å². The minimum absolute atomic E-state index is 0.00761. The first-order valence-electron chi connectivity index (χ1n) is 5.85. The molecule has 0 saturated carbocycles. The van der Waals surface area contributed by atoms with Crippen LogP contribution in [0.15, 0.2) is 40.9 Å². The maximum Gasteiger partial charge on any atom is 0.418 e. The van der Waals surface area contributed by atoms with Crippen LogP contribution in [0.4, 0.5) is 18.9 Å². The Hall–Kier alpha value is -1.40. The van der Waals surface area contributed by atoms with Gasteiger partial charge in [0.2, 0.25) is 0 Å². The van der Waals surface area contributed by atoms with Crippen LogP contribution >= 0.6 is 27.5 Å². The second kappa shape index (κ2) is 6.15. The van der Waals surface area contributed by atoms with Crippen LogP contribution in [0.25, 0.3) is 0 Å². The van der Waals surface area contributed by atoms with Crippen molar-refractivity contribution in [1.29, 1.82) is 0 Å². The summed E-state index contributed by atoms with van der Waals surface area (Å²) in [5.41, 5.74) is -0.455. The number of phenols is 1. The van der Waals surface area contributed by atoms with E-state index in [0.717, 1.165) is 10.5 Å². The Morgan fingerprint density at radius 3 is 2.52 bits per heavy atom. The Morgan fingerprint density at radius 1 is 1.14 bits per heavy atom. The largest absolute Gasteiger partial charge is 0.508 e. The zero-order chi connectivity index (χ0) is 15.6. The molecular formula is C14H10BrClF3NO. The molecule has 0 radical (unpaired) electrons. The van der Waals surface area contributed by atoms with Crippen molar-refractivity contribution < 1.29 is 18.3 Å². The molecule has 112 valence electrons. The Balaban J connectivity index is 2.26. The molecule has 2 rings (SSSR count). The lowest BCUT2D eigenvalue weighted by Gasteiger charge is -2.15. The van der Waals surface area contributed by atoms with Crippen LogP contribution in [0, 0.1) is 0 Å². The molecule has 0 unspecified atom stereocenters. The second-order valence-corrected chi connectivity index (χ2v) is 5.67. The summed E-state index contributed by atoms with van der Waals surface area (Å²) >= 11 is 8.85. The van der Waals surface area contributed by atoms with Crippen LogP contribution in [0.5, 0.6) is 5.75 Å². The number of hydrogen-bond acceptors (Lipinski definition) is 2. The van der Waals surface area contributed by atoms with Crippen LogP contribution in [-0.4, -0.2) is 5.11 Å². The normalized spacial score (nSPS) is 11.5. The molecule has 0 aliphatic heterocycles. The predicted octanol–water partition coefficient (Wildman–Crippen LogP) is 5.44. The molecule has 0 bridgehead atoms. The molecule has 0 fully saturated rings. The lowest BCUT2D eigenvalue weighted by Crippen LogP contribution is -2.11. The molecule has 2 aromatic carbocycles. The van der Waals surface area contributed by atoms with Crippen molar-refractivity contribution in [1.82, 2.24) is 0 Å². The summed E-state index contributed by atoms with van der Waals surface area (Å²) in [5, 5.41) is 12.4. The third-order valence-corrected chi connectivity index (χ3v) is 3.53. The van der Waals surface area contributed by atoms with Gasteiger partial charge in [0.05, 0.1) is 5.56 Å². The zero-order valence-electron chi connectivity index (χ0n) is 10.5. The van der Waals surface area contributed by atoms with Gasteiger partial charge in [-0.3, -0.25) is 0 Å². The quantitative estimate of drug-likeness (QED) is 0.743. The smallest absolute Gasteiger partial charge is 0.418 e. The standard InChI is InChI=1S/C14H10BrClF3NO/c15-9-1-4-13(21)8(5-9)7-20-12-3-2-10(16)6-11(12)14(17,18)19/h1-6,20-21H,7H2. The molecule has 0 saturated heterocycles. The minimum Gasteiger partial charge on any atom is -0.508 e. The topological polar surface area (TPSA) is 32.3 Å². The molecule has 21 heavy (non-hydrogen) atoms. The number of rotatable bonds is 3. The summed E-state index contributed by atoms with van der Waals surface area (Å²) in [4.78, 5) is 0. The molecule has 0 amide bonds. The van der Waals surface area contributed by atoms with Crippen LogP contribution in [-0.2, 0) is 12.7 Å². The summed E-state index contributed by atoms with van der Waals surface area (Å²) in [6.45, 7) is 0.0516. The van der Waals surface area contributed by atoms with Crippen LogP contribution in [0.2, 0.25) is 5.02 Å². The Morgan fingerprint density at radius 2 is 1.86 bits per heavy atom. The van der Waals surface area contributed by atoms with Gasteiger partial charge < -0.3 is 10.4 Å². The fourth-order valence-corrected chi connectivity index (χ4v) is 2.37. The van der Waals surface area contributed by atoms with E-state index in [9.17, 15) is 18.3 Å². The summed E-state index contributed by atoms with van der Waals surface area (Å²) < 4.78 is 39.6. The van der Waals surface area contributed by atoms with E-state index in [-0.39, 0.29) is 23.0 Å². The Kier molecular flexibility index (Phi) is 4.68. The van der Waals surface area contributed by atoms with Crippen LogP contribution in [0.3, 0.4) is 0 Å². The van der Waals surface area contributed by atoms with Gasteiger partial charge in [0, 0.05) is 27.3 Å². The number of phenolic OH excluding ortho intramolecular Hbond substituents is 1. The highest BCUT2D eigenvalue weighted by Crippen LogP contribution is 2.37. The molecule has 0 aromatic heterocycles. The average molecular weight is 381 g/mol. The van der Waals surface area contributed by atoms with E-state index in [1.807, 2.05) is 0 Å². The van der Waals surface area contributed by atoms with Gasteiger partial charge in [-0.2, -0.15) is 13.2 Å². The lowest BCUT2D eigenvalue weighted by molar-refractivity contribution is -0.136. The molecular weight excluding hydrogens is 371 g/mol. The molecule has 2 aromatic rings. The van der Waals surface area contributed by atoms with E-state index >= 15 is 0 Å². The average Bonchev–Trinajstić information content (AvgIpc) is 2.40. The molecule has 0 aliphatic carbocycles. The fourth-order valence-electron chi connectivity index (χ4n) is 1.79. The van der Waals surface area contributed by atoms with Gasteiger partial charge in [-0.25, -0.2) is 0 Å². The minimum atomic E-state index is -4.51. The number of aromatic hydroxyl groups is 1. The molecule has 7 heteroatoms. The zero-order valence-corrected chi connectivity index (χ0v) is 12.9.